The number of phenolic OH excluding ortho intramolecular Hbond substituents is 1. The van der Waals surface area contributed by atoms with E-state index in [9.17, 15) is 5.11 Å². The van der Waals surface area contributed by atoms with Gasteiger partial charge in [0, 0.05) is 55.3 Å². The number of aromatic hydroxyl groups is 1. The molecule has 4 unspecified atom stereocenters. The van der Waals surface area contributed by atoms with Gasteiger partial charge in [-0.15, -0.1) is 0 Å². The number of nitrogens with one attached hydrogen (secondary N) is 1. The number of hydrogen-bond acceptors (Lipinski definition) is 8. The standard InChI is InChI=1S/C35H38ClF2N5O3/c1-2-23-27(37)7-4-19-14-22(44)15-24(30(19)23)31-26(36)16-25-33(32(31)38)40-35(41-34(25)43-17-20-5-6-21(18-43)39-20)46-12-3-10-42-11-13-45-29-9-8-28(29)42/h4,7,14-16,20-21,28-29,39,44H,2-3,5-6,8-13,17-18H2,1H3. The topological polar surface area (TPSA) is 83.0 Å². The van der Waals surface area contributed by atoms with Crippen molar-refractivity contribution in [2.45, 2.75) is 69.7 Å². The number of aromatic nitrogens is 2. The number of halogens is 3. The van der Waals surface area contributed by atoms with Crippen LogP contribution in [0.4, 0.5) is 14.6 Å². The smallest absolute Gasteiger partial charge is 0.319 e. The Labute approximate surface area is 271 Å². The molecule has 4 atom stereocenters. The Bertz CT molecular complexity index is 1810. The highest BCUT2D eigenvalue weighted by Gasteiger charge is 2.39. The SMILES string of the molecule is CCc1c(F)ccc2cc(O)cc(-c3c(Cl)cc4c(N5CC6CCC(C5)N6)nc(OCCCN5CCOC6CCC65)nc4c3F)c12. The van der Waals surface area contributed by atoms with Gasteiger partial charge in [0.15, 0.2) is 5.82 Å². The Morgan fingerprint density at radius 1 is 1.09 bits per heavy atom. The molecule has 242 valence electrons. The second-order valence-electron chi connectivity index (χ2n) is 13.1. The lowest BCUT2D eigenvalue weighted by molar-refractivity contribution is -0.121. The minimum atomic E-state index is -0.656. The highest BCUT2D eigenvalue weighted by Crippen LogP contribution is 2.44. The van der Waals surface area contributed by atoms with E-state index in [1.165, 1.54) is 18.6 Å². The fraction of sp³-hybridized carbons (Fsp3) is 0.486. The maximum Gasteiger partial charge on any atom is 0.319 e. The summed E-state index contributed by atoms with van der Waals surface area (Å²) < 4.78 is 44.0. The molecular formula is C35H38ClF2N5O3. The first kappa shape index (κ1) is 30.1. The summed E-state index contributed by atoms with van der Waals surface area (Å²) in [6, 6.07) is 8.93. The van der Waals surface area contributed by atoms with Crippen LogP contribution in [0.2, 0.25) is 5.02 Å². The van der Waals surface area contributed by atoms with Crippen LogP contribution in [0.5, 0.6) is 11.8 Å². The molecule has 0 radical (unpaired) electrons. The number of morpholine rings is 1. The van der Waals surface area contributed by atoms with Crippen molar-refractivity contribution in [1.82, 2.24) is 20.2 Å². The molecule has 3 saturated heterocycles. The van der Waals surface area contributed by atoms with Gasteiger partial charge in [-0.3, -0.25) is 4.90 Å². The number of aryl methyl sites for hydroxylation is 1. The average molecular weight is 650 g/mol. The first-order valence-corrected chi connectivity index (χ1v) is 16.9. The number of anilines is 1. The van der Waals surface area contributed by atoms with Crippen LogP contribution in [0, 0.1) is 11.6 Å². The second-order valence-corrected chi connectivity index (χ2v) is 13.5. The lowest BCUT2D eigenvalue weighted by Gasteiger charge is -2.48. The van der Waals surface area contributed by atoms with Gasteiger partial charge in [-0.2, -0.15) is 9.97 Å². The number of phenols is 1. The zero-order valence-corrected chi connectivity index (χ0v) is 26.6. The molecule has 11 heteroatoms. The summed E-state index contributed by atoms with van der Waals surface area (Å²) in [6.07, 6.45) is 5.98. The summed E-state index contributed by atoms with van der Waals surface area (Å²) in [4.78, 5) is 14.1. The third-order valence-corrected chi connectivity index (χ3v) is 10.6. The Morgan fingerprint density at radius 3 is 2.67 bits per heavy atom. The minimum absolute atomic E-state index is 0.0636. The number of rotatable bonds is 8. The van der Waals surface area contributed by atoms with Crippen molar-refractivity contribution in [2.75, 3.05) is 44.3 Å². The lowest BCUT2D eigenvalue weighted by Crippen LogP contribution is -2.57. The number of hydrogen-bond donors (Lipinski definition) is 2. The number of benzene rings is 3. The summed E-state index contributed by atoms with van der Waals surface area (Å²) in [5.74, 6) is -0.518. The van der Waals surface area contributed by atoms with Gasteiger partial charge in [0.1, 0.15) is 22.9 Å². The van der Waals surface area contributed by atoms with E-state index in [-0.39, 0.29) is 27.9 Å². The summed E-state index contributed by atoms with van der Waals surface area (Å²) >= 11 is 6.91. The van der Waals surface area contributed by atoms with Gasteiger partial charge in [0.25, 0.3) is 0 Å². The molecule has 4 aliphatic rings. The average Bonchev–Trinajstić information content (AvgIpc) is 3.37. The molecule has 0 spiro atoms. The Kier molecular flexibility index (Phi) is 7.87. The fourth-order valence-corrected chi connectivity index (χ4v) is 8.28. The third kappa shape index (κ3) is 5.23. The first-order chi connectivity index (χ1) is 22.4. The van der Waals surface area contributed by atoms with Crippen molar-refractivity contribution in [2.24, 2.45) is 0 Å². The molecule has 8 rings (SSSR count). The molecule has 2 N–H and O–H groups in total. The van der Waals surface area contributed by atoms with Gasteiger partial charge in [0.05, 0.1) is 24.3 Å². The fourth-order valence-electron chi connectivity index (χ4n) is 7.98. The van der Waals surface area contributed by atoms with E-state index in [4.69, 9.17) is 26.1 Å². The summed E-state index contributed by atoms with van der Waals surface area (Å²) in [5, 5.41) is 16.0. The van der Waals surface area contributed by atoms with E-state index in [0.29, 0.717) is 70.4 Å². The normalized spacial score (nSPS) is 24.4. The van der Waals surface area contributed by atoms with E-state index in [1.54, 1.807) is 18.2 Å². The van der Waals surface area contributed by atoms with Crippen LogP contribution in [-0.4, -0.2) is 83.6 Å². The van der Waals surface area contributed by atoms with Crippen LogP contribution in [0.1, 0.15) is 44.6 Å². The van der Waals surface area contributed by atoms with Crippen LogP contribution >= 0.6 is 11.6 Å². The van der Waals surface area contributed by atoms with Gasteiger partial charge in [-0.05, 0) is 84.7 Å². The van der Waals surface area contributed by atoms with Crippen molar-refractivity contribution in [3.05, 3.63) is 52.6 Å². The maximum atomic E-state index is 17.0. The van der Waals surface area contributed by atoms with Crippen molar-refractivity contribution < 1.29 is 23.4 Å². The van der Waals surface area contributed by atoms with Gasteiger partial charge in [-0.1, -0.05) is 24.6 Å². The molecule has 4 heterocycles. The molecule has 4 aromatic rings. The molecule has 2 bridgehead atoms. The maximum absolute atomic E-state index is 17.0. The predicted octanol–water partition coefficient (Wildman–Crippen LogP) is 6.22. The molecule has 1 aromatic heterocycles. The third-order valence-electron chi connectivity index (χ3n) is 10.3. The molecule has 4 fully saturated rings. The molecule has 3 aromatic carbocycles. The van der Waals surface area contributed by atoms with Crippen molar-refractivity contribution in [3.63, 3.8) is 0 Å². The van der Waals surface area contributed by atoms with Crippen LogP contribution < -0.4 is 15.0 Å². The van der Waals surface area contributed by atoms with Crippen molar-refractivity contribution in [3.8, 4) is 22.9 Å². The Balaban J connectivity index is 1.19. The van der Waals surface area contributed by atoms with E-state index in [1.807, 2.05) is 6.92 Å². The zero-order chi connectivity index (χ0) is 31.5. The zero-order valence-electron chi connectivity index (χ0n) is 25.9. The quantitative estimate of drug-likeness (QED) is 0.218. The highest BCUT2D eigenvalue weighted by molar-refractivity contribution is 6.35. The Morgan fingerprint density at radius 2 is 1.91 bits per heavy atom. The van der Waals surface area contributed by atoms with E-state index >= 15 is 8.78 Å². The Hall–Kier alpha value is -3.31. The molecule has 0 amide bonds. The summed E-state index contributed by atoms with van der Waals surface area (Å²) in [5.41, 5.74) is 0.897. The first-order valence-electron chi connectivity index (χ1n) is 16.5. The van der Waals surface area contributed by atoms with Gasteiger partial charge < -0.3 is 24.8 Å². The molecule has 1 aliphatic carbocycles. The minimum Gasteiger partial charge on any atom is -0.508 e. The number of ether oxygens (including phenoxy) is 2. The van der Waals surface area contributed by atoms with E-state index in [2.05, 4.69) is 20.1 Å². The largest absolute Gasteiger partial charge is 0.508 e. The number of piperazine rings is 1. The van der Waals surface area contributed by atoms with Gasteiger partial charge in [0.2, 0.25) is 0 Å². The second kappa shape index (κ2) is 12.0. The van der Waals surface area contributed by atoms with Crippen molar-refractivity contribution >= 4 is 39.1 Å². The van der Waals surface area contributed by atoms with Gasteiger partial charge >= 0.3 is 6.01 Å². The van der Waals surface area contributed by atoms with Gasteiger partial charge in [-0.25, -0.2) is 8.78 Å². The van der Waals surface area contributed by atoms with E-state index in [0.717, 1.165) is 58.5 Å². The molecule has 1 saturated carbocycles. The highest BCUT2D eigenvalue weighted by atomic mass is 35.5. The molecule has 3 aliphatic heterocycles. The predicted molar refractivity (Wildman–Crippen MR) is 175 cm³/mol. The van der Waals surface area contributed by atoms with E-state index < -0.39 is 11.6 Å². The van der Waals surface area contributed by atoms with Crippen LogP contribution in [0.15, 0.2) is 30.3 Å². The molecule has 8 nitrogen and oxygen atoms in total. The van der Waals surface area contributed by atoms with Crippen LogP contribution in [0.25, 0.3) is 32.8 Å². The van der Waals surface area contributed by atoms with Crippen LogP contribution in [0.3, 0.4) is 0 Å². The molecular weight excluding hydrogens is 612 g/mol. The molecule has 46 heavy (non-hydrogen) atoms. The lowest BCUT2D eigenvalue weighted by atomic mass is 9.86. The summed E-state index contributed by atoms with van der Waals surface area (Å²) in [6.45, 7) is 6.28. The van der Waals surface area contributed by atoms with Crippen molar-refractivity contribution in [1.29, 1.82) is 0 Å². The van der Waals surface area contributed by atoms with Crippen LogP contribution in [-0.2, 0) is 11.2 Å². The number of nitrogens with zero attached hydrogens (tertiary/aromatic N) is 4. The summed E-state index contributed by atoms with van der Waals surface area (Å²) in [7, 11) is 0. The monoisotopic (exact) mass is 649 g/mol. The number of fused-ring (bicyclic) bond motifs is 5.